The molecular weight excluding hydrogens is 226 g/mol. The highest BCUT2D eigenvalue weighted by Gasteiger charge is 2.10. The number of rotatable bonds is 1. The molecule has 64 valence electrons. The average Bonchev–Trinajstić information content (AvgIpc) is 1.96. The van der Waals surface area contributed by atoms with E-state index in [0.717, 1.165) is 6.07 Å². The van der Waals surface area contributed by atoms with Crippen LogP contribution < -0.4 is 5.73 Å². The Morgan fingerprint density at radius 1 is 1.33 bits per heavy atom. The molecule has 0 atom stereocenters. The van der Waals surface area contributed by atoms with Gasteiger partial charge in [-0.15, -0.1) is 0 Å². The van der Waals surface area contributed by atoms with Crippen LogP contribution in [0.15, 0.2) is 16.6 Å². The number of hydrogen-bond acceptors (Lipinski definition) is 3. The van der Waals surface area contributed by atoms with Crippen LogP contribution >= 0.6 is 15.9 Å². The van der Waals surface area contributed by atoms with Crippen molar-refractivity contribution in [1.82, 2.24) is 0 Å². The summed E-state index contributed by atoms with van der Waals surface area (Å²) in [7, 11) is 0. The Hall–Kier alpha value is -1.23. The zero-order chi connectivity index (χ0) is 9.30. The van der Waals surface area contributed by atoms with E-state index >= 15 is 0 Å². The lowest BCUT2D eigenvalue weighted by Gasteiger charge is -2.02. The Kier molecular flexibility index (Phi) is 2.23. The molecule has 0 saturated carbocycles. The molecule has 0 radical (unpaired) electrons. The molecule has 1 aromatic carbocycles. The molecule has 0 aliphatic rings. The van der Waals surface area contributed by atoms with Crippen LogP contribution in [-0.2, 0) is 0 Å². The summed E-state index contributed by atoms with van der Waals surface area (Å²) in [6, 6.07) is 2.30. The number of amides is 1. The average molecular weight is 232 g/mol. The summed E-state index contributed by atoms with van der Waals surface area (Å²) in [6.07, 6.45) is 0. The van der Waals surface area contributed by atoms with Gasteiger partial charge >= 0.3 is 0 Å². The highest BCUT2D eigenvalue weighted by atomic mass is 79.9. The Balaban J connectivity index is 3.33. The summed E-state index contributed by atoms with van der Waals surface area (Å²) in [6.45, 7) is 0. The molecule has 0 spiro atoms. The SMILES string of the molecule is NC(=O)c1cc(Br)c(O)cc1O. The molecule has 4 nitrogen and oxygen atoms in total. The van der Waals surface area contributed by atoms with Crippen molar-refractivity contribution in [2.75, 3.05) is 0 Å². The Morgan fingerprint density at radius 3 is 2.42 bits per heavy atom. The second kappa shape index (κ2) is 3.02. The number of nitrogens with two attached hydrogens (primary N) is 1. The van der Waals surface area contributed by atoms with Gasteiger partial charge in [-0.1, -0.05) is 0 Å². The van der Waals surface area contributed by atoms with Crippen LogP contribution in [0, 0.1) is 0 Å². The predicted molar refractivity (Wildman–Crippen MR) is 46.0 cm³/mol. The highest BCUT2D eigenvalue weighted by molar-refractivity contribution is 9.10. The number of phenols is 2. The lowest BCUT2D eigenvalue weighted by molar-refractivity contribution is 0.0997. The third-order valence-corrected chi connectivity index (χ3v) is 1.97. The topological polar surface area (TPSA) is 83.6 Å². The molecule has 0 saturated heterocycles. The standard InChI is InChI=1S/C7H6BrNO3/c8-4-1-3(7(9)12)5(10)2-6(4)11/h1-2,10-11H,(H2,9,12). The Bertz CT molecular complexity index is 338. The Labute approximate surface area is 76.8 Å². The molecule has 1 rings (SSSR count). The molecule has 5 heteroatoms. The number of aromatic hydroxyl groups is 2. The maximum Gasteiger partial charge on any atom is 0.252 e. The third-order valence-electron chi connectivity index (χ3n) is 1.33. The van der Waals surface area contributed by atoms with E-state index in [-0.39, 0.29) is 17.1 Å². The number of primary amides is 1. The van der Waals surface area contributed by atoms with Crippen LogP contribution in [0.1, 0.15) is 10.4 Å². The summed E-state index contributed by atoms with van der Waals surface area (Å²) >= 11 is 2.98. The number of hydrogen-bond donors (Lipinski definition) is 3. The fourth-order valence-corrected chi connectivity index (χ4v) is 1.09. The van der Waals surface area contributed by atoms with E-state index in [0.29, 0.717) is 4.47 Å². The first-order valence-electron chi connectivity index (χ1n) is 3.03. The van der Waals surface area contributed by atoms with E-state index < -0.39 is 5.91 Å². The van der Waals surface area contributed by atoms with Crippen LogP contribution in [0.25, 0.3) is 0 Å². The van der Waals surface area contributed by atoms with Gasteiger partial charge in [0.1, 0.15) is 11.5 Å². The van der Waals surface area contributed by atoms with Gasteiger partial charge in [0.15, 0.2) is 0 Å². The van der Waals surface area contributed by atoms with E-state index in [1.807, 2.05) is 0 Å². The van der Waals surface area contributed by atoms with Crippen LogP contribution in [0.4, 0.5) is 0 Å². The van der Waals surface area contributed by atoms with Gasteiger partial charge in [0.2, 0.25) is 0 Å². The van der Waals surface area contributed by atoms with Gasteiger partial charge in [-0.25, -0.2) is 0 Å². The van der Waals surface area contributed by atoms with Gasteiger partial charge in [0.25, 0.3) is 5.91 Å². The normalized spacial score (nSPS) is 9.75. The molecule has 1 aromatic rings. The largest absolute Gasteiger partial charge is 0.507 e. The molecule has 12 heavy (non-hydrogen) atoms. The summed E-state index contributed by atoms with van der Waals surface area (Å²) in [4.78, 5) is 10.6. The monoisotopic (exact) mass is 231 g/mol. The van der Waals surface area contributed by atoms with Crippen LogP contribution in [-0.4, -0.2) is 16.1 Å². The van der Waals surface area contributed by atoms with Gasteiger partial charge in [-0.05, 0) is 22.0 Å². The van der Waals surface area contributed by atoms with E-state index in [2.05, 4.69) is 15.9 Å². The minimum atomic E-state index is -0.742. The van der Waals surface area contributed by atoms with E-state index in [9.17, 15) is 4.79 Å². The molecule has 0 unspecified atom stereocenters. The fraction of sp³-hybridized carbons (Fsp3) is 0. The van der Waals surface area contributed by atoms with Gasteiger partial charge in [-0.3, -0.25) is 4.79 Å². The van der Waals surface area contributed by atoms with E-state index in [1.54, 1.807) is 0 Å². The molecule has 0 fully saturated rings. The zero-order valence-electron chi connectivity index (χ0n) is 5.91. The lowest BCUT2D eigenvalue weighted by Crippen LogP contribution is -2.10. The molecule has 0 bridgehead atoms. The van der Waals surface area contributed by atoms with Crippen molar-refractivity contribution in [3.63, 3.8) is 0 Å². The smallest absolute Gasteiger partial charge is 0.252 e. The number of carbonyl (C=O) groups is 1. The first-order chi connectivity index (χ1) is 5.52. The maximum atomic E-state index is 10.6. The van der Waals surface area contributed by atoms with Crippen molar-refractivity contribution in [2.45, 2.75) is 0 Å². The van der Waals surface area contributed by atoms with E-state index in [4.69, 9.17) is 15.9 Å². The van der Waals surface area contributed by atoms with Crippen molar-refractivity contribution in [3.05, 3.63) is 22.2 Å². The summed E-state index contributed by atoms with van der Waals surface area (Å²) < 4.78 is 0.314. The minimum absolute atomic E-state index is 0.0281. The molecule has 1 amide bonds. The number of phenolic OH excluding ortho intramolecular Hbond substituents is 1. The summed E-state index contributed by atoms with van der Waals surface area (Å²) in [5.41, 5.74) is 4.90. The van der Waals surface area contributed by atoms with Crippen LogP contribution in [0.5, 0.6) is 11.5 Å². The van der Waals surface area contributed by atoms with E-state index in [1.165, 1.54) is 6.07 Å². The molecule has 0 aliphatic heterocycles. The van der Waals surface area contributed by atoms with Crippen molar-refractivity contribution < 1.29 is 15.0 Å². The zero-order valence-corrected chi connectivity index (χ0v) is 7.50. The predicted octanol–water partition coefficient (Wildman–Crippen LogP) is 0.959. The molecule has 0 aromatic heterocycles. The number of halogens is 1. The van der Waals surface area contributed by atoms with Crippen molar-refractivity contribution >= 4 is 21.8 Å². The van der Waals surface area contributed by atoms with Gasteiger partial charge in [-0.2, -0.15) is 0 Å². The van der Waals surface area contributed by atoms with Crippen LogP contribution in [0.2, 0.25) is 0 Å². The summed E-state index contributed by atoms with van der Waals surface area (Å²) in [5.74, 6) is -1.21. The third kappa shape index (κ3) is 1.50. The minimum Gasteiger partial charge on any atom is -0.507 e. The lowest BCUT2D eigenvalue weighted by atomic mass is 10.2. The van der Waals surface area contributed by atoms with Crippen molar-refractivity contribution in [1.29, 1.82) is 0 Å². The highest BCUT2D eigenvalue weighted by Crippen LogP contribution is 2.30. The second-order valence-electron chi connectivity index (χ2n) is 2.19. The van der Waals surface area contributed by atoms with Gasteiger partial charge in [0.05, 0.1) is 10.0 Å². The molecule has 0 heterocycles. The van der Waals surface area contributed by atoms with Crippen molar-refractivity contribution in [2.24, 2.45) is 5.73 Å². The summed E-state index contributed by atoms with van der Waals surface area (Å²) in [5, 5.41) is 18.2. The number of carbonyl (C=O) groups excluding carboxylic acids is 1. The maximum absolute atomic E-state index is 10.6. The molecular formula is C7H6BrNO3. The molecule has 4 N–H and O–H groups in total. The van der Waals surface area contributed by atoms with Gasteiger partial charge < -0.3 is 15.9 Å². The van der Waals surface area contributed by atoms with Crippen molar-refractivity contribution in [3.8, 4) is 11.5 Å². The Morgan fingerprint density at radius 2 is 1.92 bits per heavy atom. The number of benzene rings is 1. The molecule has 0 aliphatic carbocycles. The van der Waals surface area contributed by atoms with Gasteiger partial charge in [0, 0.05) is 6.07 Å². The van der Waals surface area contributed by atoms with Crippen LogP contribution in [0.3, 0.4) is 0 Å². The first-order valence-corrected chi connectivity index (χ1v) is 3.83. The quantitative estimate of drug-likeness (QED) is 0.674. The fourth-order valence-electron chi connectivity index (χ4n) is 0.748. The first kappa shape index (κ1) is 8.86. The second-order valence-corrected chi connectivity index (χ2v) is 3.04.